The van der Waals surface area contributed by atoms with E-state index in [1.165, 1.54) is 12.5 Å². The first-order valence-electron chi connectivity index (χ1n) is 13.8. The Kier molecular flexibility index (Phi) is 7.46. The Morgan fingerprint density at radius 1 is 1.02 bits per heavy atom. The zero-order valence-corrected chi connectivity index (χ0v) is 24.2. The highest BCUT2D eigenvalue weighted by Gasteiger charge is 2.22. The van der Waals surface area contributed by atoms with Gasteiger partial charge in [0.15, 0.2) is 5.82 Å². The van der Waals surface area contributed by atoms with E-state index >= 15 is 0 Å². The van der Waals surface area contributed by atoms with Crippen LogP contribution in [0.15, 0.2) is 96.4 Å². The second kappa shape index (κ2) is 11.7. The van der Waals surface area contributed by atoms with Crippen molar-refractivity contribution in [1.82, 2.24) is 29.1 Å². The summed E-state index contributed by atoms with van der Waals surface area (Å²) in [6, 6.07) is 19.3. The number of methoxy groups -OCH3 is 1. The Balaban J connectivity index is 1.36. The van der Waals surface area contributed by atoms with E-state index < -0.39 is 6.04 Å². The number of aryl methyl sites for hydroxylation is 1. The number of nitrogen functional groups attached to an aromatic ring is 1. The van der Waals surface area contributed by atoms with Crippen LogP contribution in [-0.4, -0.2) is 42.2 Å². The van der Waals surface area contributed by atoms with Crippen LogP contribution in [0.1, 0.15) is 34.7 Å². The van der Waals surface area contributed by atoms with Gasteiger partial charge in [-0.25, -0.2) is 14.5 Å². The van der Waals surface area contributed by atoms with E-state index in [1.54, 1.807) is 58.9 Å². The molecule has 0 bridgehead atoms. The smallest absolute Gasteiger partial charge is 0.282 e. The fourth-order valence-electron chi connectivity index (χ4n) is 5.01. The largest absolute Gasteiger partial charge is 0.497 e. The molecule has 1 unspecified atom stereocenters. The van der Waals surface area contributed by atoms with Crippen molar-refractivity contribution in [3.63, 3.8) is 0 Å². The summed E-state index contributed by atoms with van der Waals surface area (Å²) in [6.45, 7) is 3.76. The average Bonchev–Trinajstić information content (AvgIpc) is 3.42. The zero-order chi connectivity index (χ0) is 30.8. The van der Waals surface area contributed by atoms with Gasteiger partial charge in [0, 0.05) is 23.5 Å². The number of rotatable bonds is 8. The van der Waals surface area contributed by atoms with Crippen LogP contribution in [0.5, 0.6) is 5.75 Å². The van der Waals surface area contributed by atoms with Crippen LogP contribution in [0.4, 0.5) is 17.3 Å². The van der Waals surface area contributed by atoms with E-state index in [4.69, 9.17) is 15.6 Å². The fourth-order valence-corrected chi connectivity index (χ4v) is 5.01. The Morgan fingerprint density at radius 3 is 2.64 bits per heavy atom. The zero-order valence-electron chi connectivity index (χ0n) is 24.2. The molecule has 0 spiro atoms. The third kappa shape index (κ3) is 5.31. The monoisotopic (exact) mass is 587 g/mol. The number of hydrogen-bond donors (Lipinski definition) is 3. The summed E-state index contributed by atoms with van der Waals surface area (Å²) in [4.78, 5) is 39.7. The van der Waals surface area contributed by atoms with Crippen molar-refractivity contribution >= 4 is 28.7 Å². The highest BCUT2D eigenvalue weighted by Crippen LogP contribution is 2.33. The Labute approximate surface area is 252 Å². The molecule has 0 fully saturated rings. The van der Waals surface area contributed by atoms with Gasteiger partial charge in [0.05, 0.1) is 36.3 Å². The minimum Gasteiger partial charge on any atom is -0.497 e. The van der Waals surface area contributed by atoms with Crippen molar-refractivity contribution in [1.29, 1.82) is 0 Å². The number of amides is 1. The van der Waals surface area contributed by atoms with Crippen molar-refractivity contribution in [3.05, 3.63) is 119 Å². The number of benzene rings is 2. The molecule has 4 N–H and O–H groups in total. The van der Waals surface area contributed by atoms with E-state index in [0.29, 0.717) is 51.0 Å². The SMILES string of the molecule is COc1cccc(C(=O)Nc2cncc(-c3c(N)ncnc3NC(C)c3nn4ccc(C)c4c(=O)n3-c3ccccc3)c2)c1. The van der Waals surface area contributed by atoms with E-state index in [2.05, 4.69) is 25.6 Å². The molecule has 2 aromatic carbocycles. The third-order valence-corrected chi connectivity index (χ3v) is 7.16. The fraction of sp³-hybridized carbons (Fsp3) is 0.125. The molecule has 12 heteroatoms. The van der Waals surface area contributed by atoms with Gasteiger partial charge < -0.3 is 21.1 Å². The number of para-hydroxylation sites is 1. The number of fused-ring (bicyclic) bond motifs is 1. The van der Waals surface area contributed by atoms with Crippen molar-refractivity contribution in [2.75, 3.05) is 23.5 Å². The van der Waals surface area contributed by atoms with Crippen molar-refractivity contribution in [2.24, 2.45) is 0 Å². The van der Waals surface area contributed by atoms with Gasteiger partial charge in [0.1, 0.15) is 29.2 Å². The highest BCUT2D eigenvalue weighted by atomic mass is 16.5. The van der Waals surface area contributed by atoms with Crippen LogP contribution in [0, 0.1) is 6.92 Å². The number of ether oxygens (including phenoxy) is 1. The molecule has 4 aromatic heterocycles. The Hall–Kier alpha value is -6.04. The van der Waals surface area contributed by atoms with Crippen LogP contribution in [0.2, 0.25) is 0 Å². The molecular formula is C32H29N9O3. The summed E-state index contributed by atoms with van der Waals surface area (Å²) in [6.07, 6.45) is 6.27. The predicted octanol–water partition coefficient (Wildman–Crippen LogP) is 4.66. The maximum atomic E-state index is 13.8. The van der Waals surface area contributed by atoms with Gasteiger partial charge in [-0.1, -0.05) is 24.3 Å². The number of nitrogens with two attached hydrogens (primary N) is 1. The summed E-state index contributed by atoms with van der Waals surface area (Å²) in [5, 5.41) is 11.1. The van der Waals surface area contributed by atoms with Gasteiger partial charge in [-0.3, -0.25) is 19.1 Å². The molecule has 6 aromatic rings. The lowest BCUT2D eigenvalue weighted by atomic mass is 10.1. The number of nitrogens with one attached hydrogen (secondary N) is 2. The quantitative estimate of drug-likeness (QED) is 0.231. The topological polar surface area (TPSA) is 154 Å². The number of aromatic nitrogens is 6. The third-order valence-electron chi connectivity index (χ3n) is 7.16. The standard InChI is InChI=1S/C32H29N9O3/c1-19-12-13-40-27(19)32(43)41(24-9-5-4-6-10-24)30(39-40)20(2)37-29-26(28(33)35-18-36-29)22-14-23(17-34-16-22)38-31(42)21-8-7-11-25(15-21)44-3/h4-18,20H,1-3H3,(H,38,42)(H3,33,35,36,37). The van der Waals surface area contributed by atoms with E-state index in [1.807, 2.05) is 50.2 Å². The molecule has 0 aliphatic carbocycles. The second-order valence-corrected chi connectivity index (χ2v) is 10.1. The molecule has 44 heavy (non-hydrogen) atoms. The second-order valence-electron chi connectivity index (χ2n) is 10.1. The molecule has 0 aliphatic rings. The average molecular weight is 588 g/mol. The van der Waals surface area contributed by atoms with Crippen LogP contribution < -0.4 is 26.7 Å². The van der Waals surface area contributed by atoms with E-state index in [0.717, 1.165) is 5.56 Å². The van der Waals surface area contributed by atoms with Gasteiger partial charge in [0.2, 0.25) is 0 Å². The number of hydrogen-bond acceptors (Lipinski definition) is 9. The molecule has 0 aliphatic heterocycles. The van der Waals surface area contributed by atoms with Gasteiger partial charge in [-0.2, -0.15) is 5.10 Å². The maximum Gasteiger partial charge on any atom is 0.282 e. The van der Waals surface area contributed by atoms with Gasteiger partial charge in [-0.05, 0) is 61.9 Å². The molecule has 0 saturated carbocycles. The summed E-state index contributed by atoms with van der Waals surface area (Å²) in [5.74, 6) is 1.32. The van der Waals surface area contributed by atoms with E-state index in [9.17, 15) is 9.59 Å². The lowest BCUT2D eigenvalue weighted by molar-refractivity contribution is 0.102. The number of carbonyl (C=O) groups excluding carboxylic acids is 1. The summed E-state index contributed by atoms with van der Waals surface area (Å²) >= 11 is 0. The molecule has 1 amide bonds. The van der Waals surface area contributed by atoms with Gasteiger partial charge in [-0.15, -0.1) is 0 Å². The van der Waals surface area contributed by atoms with Crippen LogP contribution >= 0.6 is 0 Å². The molecule has 12 nitrogen and oxygen atoms in total. The first-order chi connectivity index (χ1) is 21.3. The minimum absolute atomic E-state index is 0.191. The van der Waals surface area contributed by atoms with Crippen LogP contribution in [-0.2, 0) is 0 Å². The first kappa shape index (κ1) is 28.1. The predicted molar refractivity (Wildman–Crippen MR) is 168 cm³/mol. The number of anilines is 3. The highest BCUT2D eigenvalue weighted by molar-refractivity contribution is 6.04. The van der Waals surface area contributed by atoms with Crippen LogP contribution in [0.3, 0.4) is 0 Å². The van der Waals surface area contributed by atoms with Crippen molar-refractivity contribution < 1.29 is 9.53 Å². The molecular weight excluding hydrogens is 558 g/mol. The van der Waals surface area contributed by atoms with Crippen LogP contribution in [0.25, 0.3) is 22.3 Å². The van der Waals surface area contributed by atoms with E-state index in [-0.39, 0.29) is 17.3 Å². The Morgan fingerprint density at radius 2 is 1.84 bits per heavy atom. The van der Waals surface area contributed by atoms with Gasteiger partial charge >= 0.3 is 0 Å². The van der Waals surface area contributed by atoms with Crippen molar-refractivity contribution in [2.45, 2.75) is 19.9 Å². The maximum absolute atomic E-state index is 13.8. The summed E-state index contributed by atoms with van der Waals surface area (Å²) in [5.41, 5.74) is 10.1. The lowest BCUT2D eigenvalue weighted by Gasteiger charge is -2.21. The van der Waals surface area contributed by atoms with Crippen molar-refractivity contribution in [3.8, 4) is 22.6 Å². The summed E-state index contributed by atoms with van der Waals surface area (Å²) < 4.78 is 8.42. The minimum atomic E-state index is -0.507. The molecule has 4 heterocycles. The summed E-state index contributed by atoms with van der Waals surface area (Å²) in [7, 11) is 1.54. The number of nitrogens with zero attached hydrogens (tertiary/aromatic N) is 6. The number of pyridine rings is 1. The molecule has 0 saturated heterocycles. The molecule has 220 valence electrons. The molecule has 0 radical (unpaired) electrons. The van der Waals surface area contributed by atoms with Gasteiger partial charge in [0.25, 0.3) is 11.5 Å². The number of carbonyl (C=O) groups is 1. The molecule has 6 rings (SSSR count). The normalized spacial score (nSPS) is 11.7. The Bertz CT molecular complexity index is 2050. The lowest BCUT2D eigenvalue weighted by Crippen LogP contribution is -2.29. The molecule has 1 atom stereocenters. The first-order valence-corrected chi connectivity index (χ1v) is 13.8.